The number of hydrogen-bond donors (Lipinski definition) is 0. The zero-order valence-corrected chi connectivity index (χ0v) is 15.8. The van der Waals surface area contributed by atoms with Crippen molar-refractivity contribution in [2.45, 2.75) is 25.0 Å². The molecule has 1 aliphatic rings. The standard InChI is InChI=1S/C15H19F2N5O2S2/c1-2-20-10-18-22(15(20)25)11-19-5-7-21(8-6-19)26(23,24)14-9-12(16)3-4-13(14)17/h3-4,9-10H,2,5-8,11H2,1H3. The van der Waals surface area contributed by atoms with Gasteiger partial charge in [-0.05, 0) is 37.3 Å². The van der Waals surface area contributed by atoms with E-state index in [1.807, 2.05) is 16.4 Å². The zero-order chi connectivity index (χ0) is 18.9. The molecule has 0 unspecified atom stereocenters. The van der Waals surface area contributed by atoms with Gasteiger partial charge in [0, 0.05) is 32.7 Å². The summed E-state index contributed by atoms with van der Waals surface area (Å²) in [5, 5.41) is 4.23. The Bertz CT molecular complexity index is 949. The van der Waals surface area contributed by atoms with Crippen LogP contribution in [0.4, 0.5) is 8.78 Å². The topological polar surface area (TPSA) is 63.4 Å². The lowest BCUT2D eigenvalue weighted by Crippen LogP contribution is -2.49. The molecule has 0 aliphatic carbocycles. The second kappa shape index (κ2) is 7.51. The Morgan fingerprint density at radius 3 is 2.50 bits per heavy atom. The number of rotatable bonds is 5. The van der Waals surface area contributed by atoms with Gasteiger partial charge in [-0.25, -0.2) is 21.9 Å². The number of halogens is 2. The SMILES string of the molecule is CCn1cnn(CN2CCN(S(=O)(=O)c3cc(F)ccc3F)CC2)c1=S. The summed E-state index contributed by atoms with van der Waals surface area (Å²) < 4.78 is 57.6. The van der Waals surface area contributed by atoms with E-state index < -0.39 is 26.6 Å². The van der Waals surface area contributed by atoms with Gasteiger partial charge in [0.05, 0.1) is 6.67 Å². The molecule has 7 nitrogen and oxygen atoms in total. The van der Waals surface area contributed by atoms with Gasteiger partial charge in [-0.1, -0.05) is 0 Å². The molecule has 1 saturated heterocycles. The molecular formula is C15H19F2N5O2S2. The largest absolute Gasteiger partial charge is 0.307 e. The average Bonchev–Trinajstić information content (AvgIpc) is 2.97. The number of aromatic nitrogens is 3. The fraction of sp³-hybridized carbons (Fsp3) is 0.467. The highest BCUT2D eigenvalue weighted by atomic mass is 32.2. The molecule has 0 bridgehead atoms. The van der Waals surface area contributed by atoms with Gasteiger partial charge < -0.3 is 4.57 Å². The molecule has 0 radical (unpaired) electrons. The minimum Gasteiger partial charge on any atom is -0.307 e. The molecule has 0 N–H and O–H groups in total. The van der Waals surface area contributed by atoms with Gasteiger partial charge in [0.2, 0.25) is 10.0 Å². The Kier molecular flexibility index (Phi) is 5.51. The van der Waals surface area contributed by atoms with Crippen molar-refractivity contribution in [2.75, 3.05) is 26.2 Å². The lowest BCUT2D eigenvalue weighted by Gasteiger charge is -2.33. The Balaban J connectivity index is 1.69. The van der Waals surface area contributed by atoms with Crippen molar-refractivity contribution in [1.82, 2.24) is 23.6 Å². The second-order valence-electron chi connectivity index (χ2n) is 5.94. The minimum absolute atomic E-state index is 0.181. The smallest absolute Gasteiger partial charge is 0.246 e. The highest BCUT2D eigenvalue weighted by Gasteiger charge is 2.31. The van der Waals surface area contributed by atoms with Crippen LogP contribution in [0.2, 0.25) is 0 Å². The van der Waals surface area contributed by atoms with E-state index in [9.17, 15) is 17.2 Å². The third-order valence-electron chi connectivity index (χ3n) is 4.31. The fourth-order valence-electron chi connectivity index (χ4n) is 2.80. The van der Waals surface area contributed by atoms with E-state index in [1.165, 1.54) is 4.31 Å². The van der Waals surface area contributed by atoms with Crippen LogP contribution in [0.25, 0.3) is 0 Å². The Hall–Kier alpha value is -1.69. The van der Waals surface area contributed by atoms with Crippen LogP contribution in [-0.2, 0) is 23.2 Å². The first kappa shape index (κ1) is 19.1. The summed E-state index contributed by atoms with van der Waals surface area (Å²) in [4.78, 5) is 1.38. The third kappa shape index (κ3) is 3.70. The molecule has 2 heterocycles. The molecule has 26 heavy (non-hydrogen) atoms. The van der Waals surface area contributed by atoms with Crippen LogP contribution in [0.1, 0.15) is 6.92 Å². The van der Waals surface area contributed by atoms with Crippen molar-refractivity contribution >= 4 is 22.2 Å². The van der Waals surface area contributed by atoms with E-state index in [0.29, 0.717) is 30.6 Å². The molecule has 2 aromatic rings. The summed E-state index contributed by atoms with van der Waals surface area (Å²) >= 11 is 5.32. The summed E-state index contributed by atoms with van der Waals surface area (Å²) in [7, 11) is -4.07. The van der Waals surface area contributed by atoms with Crippen molar-refractivity contribution in [3.8, 4) is 0 Å². The maximum atomic E-state index is 13.9. The molecule has 0 spiro atoms. The van der Waals surface area contributed by atoms with Gasteiger partial charge in [-0.3, -0.25) is 4.90 Å². The molecule has 11 heteroatoms. The summed E-state index contributed by atoms with van der Waals surface area (Å²) in [6, 6.07) is 2.43. The van der Waals surface area contributed by atoms with Crippen LogP contribution in [0.15, 0.2) is 29.4 Å². The van der Waals surface area contributed by atoms with Gasteiger partial charge in [0.25, 0.3) is 0 Å². The van der Waals surface area contributed by atoms with Crippen LogP contribution in [0, 0.1) is 16.4 Å². The maximum absolute atomic E-state index is 13.9. The minimum atomic E-state index is -4.07. The molecule has 1 aromatic carbocycles. The summed E-state index contributed by atoms with van der Waals surface area (Å²) in [6.45, 7) is 4.39. The highest BCUT2D eigenvalue weighted by Crippen LogP contribution is 2.21. The highest BCUT2D eigenvalue weighted by molar-refractivity contribution is 7.89. The van der Waals surface area contributed by atoms with Crippen molar-refractivity contribution in [3.63, 3.8) is 0 Å². The quantitative estimate of drug-likeness (QED) is 0.711. The number of piperazine rings is 1. The number of sulfonamides is 1. The van der Waals surface area contributed by atoms with Gasteiger partial charge >= 0.3 is 0 Å². The first-order chi connectivity index (χ1) is 12.3. The Morgan fingerprint density at radius 2 is 1.88 bits per heavy atom. The van der Waals surface area contributed by atoms with Crippen LogP contribution in [0.3, 0.4) is 0 Å². The first-order valence-electron chi connectivity index (χ1n) is 8.12. The summed E-state index contributed by atoms with van der Waals surface area (Å²) in [6.07, 6.45) is 1.66. The van der Waals surface area contributed by atoms with Crippen LogP contribution in [0.5, 0.6) is 0 Å². The lowest BCUT2D eigenvalue weighted by molar-refractivity contribution is 0.144. The molecule has 0 atom stereocenters. The monoisotopic (exact) mass is 403 g/mol. The summed E-state index contributed by atoms with van der Waals surface area (Å²) in [5.74, 6) is -1.74. The van der Waals surface area contributed by atoms with E-state index in [-0.39, 0.29) is 13.1 Å². The number of nitrogens with zero attached hydrogens (tertiary/aromatic N) is 5. The van der Waals surface area contributed by atoms with Crippen LogP contribution >= 0.6 is 12.2 Å². The normalized spacial score (nSPS) is 16.9. The van der Waals surface area contributed by atoms with E-state index in [1.54, 1.807) is 11.0 Å². The van der Waals surface area contributed by atoms with Crippen molar-refractivity contribution in [3.05, 3.63) is 40.9 Å². The number of benzene rings is 1. The van der Waals surface area contributed by atoms with Gasteiger partial charge in [-0.2, -0.15) is 9.40 Å². The molecule has 1 aromatic heterocycles. The third-order valence-corrected chi connectivity index (χ3v) is 6.67. The molecular weight excluding hydrogens is 384 g/mol. The van der Waals surface area contributed by atoms with Gasteiger partial charge in [0.1, 0.15) is 22.9 Å². The predicted molar refractivity (Wildman–Crippen MR) is 93.4 cm³/mol. The van der Waals surface area contributed by atoms with Crippen LogP contribution < -0.4 is 0 Å². The molecule has 142 valence electrons. The van der Waals surface area contributed by atoms with E-state index in [0.717, 1.165) is 18.7 Å². The second-order valence-corrected chi connectivity index (χ2v) is 8.21. The molecule has 1 aliphatic heterocycles. The molecule has 3 rings (SSSR count). The van der Waals surface area contributed by atoms with Crippen molar-refractivity contribution in [2.24, 2.45) is 0 Å². The zero-order valence-electron chi connectivity index (χ0n) is 14.2. The van der Waals surface area contributed by atoms with Crippen LogP contribution in [-0.4, -0.2) is 58.1 Å². The van der Waals surface area contributed by atoms with E-state index in [4.69, 9.17) is 12.2 Å². The predicted octanol–water partition coefficient (Wildman–Crippen LogP) is 1.68. The fourth-order valence-corrected chi connectivity index (χ4v) is 4.58. The van der Waals surface area contributed by atoms with E-state index >= 15 is 0 Å². The van der Waals surface area contributed by atoms with Gasteiger partial charge in [-0.15, -0.1) is 0 Å². The first-order valence-corrected chi connectivity index (χ1v) is 9.97. The number of hydrogen-bond acceptors (Lipinski definition) is 5. The van der Waals surface area contributed by atoms with E-state index in [2.05, 4.69) is 5.10 Å². The summed E-state index contributed by atoms with van der Waals surface area (Å²) in [5.41, 5.74) is 0. The maximum Gasteiger partial charge on any atom is 0.246 e. The molecule has 1 fully saturated rings. The Labute approximate surface area is 155 Å². The Morgan fingerprint density at radius 1 is 1.19 bits per heavy atom. The van der Waals surface area contributed by atoms with Gasteiger partial charge in [0.15, 0.2) is 4.77 Å². The van der Waals surface area contributed by atoms with Crippen molar-refractivity contribution < 1.29 is 17.2 Å². The molecule has 0 amide bonds. The lowest BCUT2D eigenvalue weighted by atomic mass is 10.3. The molecule has 0 saturated carbocycles. The average molecular weight is 403 g/mol. The van der Waals surface area contributed by atoms with Crippen molar-refractivity contribution in [1.29, 1.82) is 0 Å². The number of aryl methyl sites for hydroxylation is 1.